The topological polar surface area (TPSA) is 42.2 Å². The van der Waals surface area contributed by atoms with Crippen LogP contribution in [0.1, 0.15) is 11.3 Å². The second kappa shape index (κ2) is 5.49. The largest absolute Gasteiger partial charge is 0.398 e. The number of hydrogen-bond acceptors (Lipinski definition) is 4. The quantitative estimate of drug-likeness (QED) is 0.866. The zero-order chi connectivity index (χ0) is 12.3. The van der Waals surface area contributed by atoms with Crippen LogP contribution in [0.5, 0.6) is 0 Å². The third-order valence-corrected chi connectivity index (χ3v) is 3.33. The SMILES string of the molecule is CN(Cc1cscn1)Cc1ccc(Cl)cc1N. The Morgan fingerprint density at radius 2 is 2.24 bits per heavy atom. The molecule has 0 fully saturated rings. The average Bonchev–Trinajstić information content (AvgIpc) is 2.75. The van der Waals surface area contributed by atoms with Crippen molar-refractivity contribution in [2.24, 2.45) is 0 Å². The first-order chi connectivity index (χ1) is 8.15. The number of nitrogens with two attached hydrogens (primary N) is 1. The smallest absolute Gasteiger partial charge is 0.0795 e. The molecule has 1 heterocycles. The van der Waals surface area contributed by atoms with Gasteiger partial charge in [0.15, 0.2) is 0 Å². The first kappa shape index (κ1) is 12.4. The fourth-order valence-electron chi connectivity index (χ4n) is 1.65. The standard InChI is InChI=1S/C12H14ClN3S/c1-16(6-11-7-17-8-15-11)5-9-2-3-10(13)4-12(9)14/h2-4,7-8H,5-6,14H2,1H3. The molecule has 0 aliphatic rings. The van der Waals surface area contributed by atoms with Gasteiger partial charge >= 0.3 is 0 Å². The minimum absolute atomic E-state index is 0.674. The van der Waals surface area contributed by atoms with E-state index in [1.807, 2.05) is 24.7 Å². The van der Waals surface area contributed by atoms with Gasteiger partial charge in [-0.1, -0.05) is 17.7 Å². The lowest BCUT2D eigenvalue weighted by molar-refractivity contribution is 0.316. The number of rotatable bonds is 4. The zero-order valence-electron chi connectivity index (χ0n) is 9.56. The highest BCUT2D eigenvalue weighted by molar-refractivity contribution is 7.07. The Hall–Kier alpha value is -1.10. The van der Waals surface area contributed by atoms with E-state index in [1.165, 1.54) is 0 Å². The van der Waals surface area contributed by atoms with Gasteiger partial charge < -0.3 is 5.73 Å². The Morgan fingerprint density at radius 3 is 2.88 bits per heavy atom. The number of aromatic nitrogens is 1. The molecule has 2 N–H and O–H groups in total. The molecule has 0 saturated heterocycles. The number of hydrogen-bond donors (Lipinski definition) is 1. The monoisotopic (exact) mass is 267 g/mol. The molecule has 0 radical (unpaired) electrons. The average molecular weight is 268 g/mol. The lowest BCUT2D eigenvalue weighted by Crippen LogP contribution is -2.18. The third kappa shape index (κ3) is 3.43. The number of benzene rings is 1. The second-order valence-corrected chi connectivity index (χ2v) is 5.15. The van der Waals surface area contributed by atoms with E-state index in [2.05, 4.69) is 15.3 Å². The zero-order valence-corrected chi connectivity index (χ0v) is 11.1. The molecule has 0 unspecified atom stereocenters. The van der Waals surface area contributed by atoms with Gasteiger partial charge in [-0.25, -0.2) is 4.98 Å². The predicted molar refractivity (Wildman–Crippen MR) is 73.1 cm³/mol. The van der Waals surface area contributed by atoms with E-state index in [1.54, 1.807) is 17.4 Å². The molecule has 0 atom stereocenters. The van der Waals surface area contributed by atoms with Crippen LogP contribution < -0.4 is 5.73 Å². The van der Waals surface area contributed by atoms with Gasteiger partial charge in [0.2, 0.25) is 0 Å². The Balaban J connectivity index is 2.00. The summed E-state index contributed by atoms with van der Waals surface area (Å²) in [5.41, 5.74) is 10.7. The lowest BCUT2D eigenvalue weighted by Gasteiger charge is -2.16. The summed E-state index contributed by atoms with van der Waals surface area (Å²) in [5.74, 6) is 0. The third-order valence-electron chi connectivity index (χ3n) is 2.46. The molecule has 5 heteroatoms. The molecule has 0 amide bonds. The fraction of sp³-hybridized carbons (Fsp3) is 0.250. The predicted octanol–water partition coefficient (Wildman–Crippen LogP) is 3.01. The number of halogens is 1. The van der Waals surface area contributed by atoms with Crippen LogP contribution in [0, 0.1) is 0 Å². The summed E-state index contributed by atoms with van der Waals surface area (Å²) in [7, 11) is 2.05. The molecule has 17 heavy (non-hydrogen) atoms. The fourth-order valence-corrected chi connectivity index (χ4v) is 2.38. The van der Waals surface area contributed by atoms with Gasteiger partial charge in [-0.2, -0.15) is 0 Å². The number of nitrogen functional groups attached to an aromatic ring is 1. The van der Waals surface area contributed by atoms with Crippen LogP contribution >= 0.6 is 22.9 Å². The van der Waals surface area contributed by atoms with Crippen molar-refractivity contribution >= 4 is 28.6 Å². The highest BCUT2D eigenvalue weighted by Crippen LogP contribution is 2.19. The van der Waals surface area contributed by atoms with Crippen molar-refractivity contribution in [3.05, 3.63) is 45.4 Å². The summed E-state index contributed by atoms with van der Waals surface area (Å²) in [6, 6.07) is 5.62. The van der Waals surface area contributed by atoms with Crippen molar-refractivity contribution < 1.29 is 0 Å². The molecule has 1 aromatic heterocycles. The van der Waals surface area contributed by atoms with Crippen LogP contribution in [-0.2, 0) is 13.1 Å². The first-order valence-corrected chi connectivity index (χ1v) is 6.57. The minimum atomic E-state index is 0.674. The van der Waals surface area contributed by atoms with Gasteiger partial charge in [-0.3, -0.25) is 4.90 Å². The van der Waals surface area contributed by atoms with Crippen molar-refractivity contribution in [1.29, 1.82) is 0 Å². The molecule has 2 rings (SSSR count). The van der Waals surface area contributed by atoms with E-state index in [4.69, 9.17) is 17.3 Å². The molecule has 0 bridgehead atoms. The van der Waals surface area contributed by atoms with Crippen LogP contribution in [0.3, 0.4) is 0 Å². The Bertz CT molecular complexity index is 485. The summed E-state index contributed by atoms with van der Waals surface area (Å²) in [6.45, 7) is 1.62. The van der Waals surface area contributed by atoms with Gasteiger partial charge in [-0.05, 0) is 24.7 Å². The Labute approximate surface area is 110 Å². The Morgan fingerprint density at radius 1 is 1.41 bits per heavy atom. The van der Waals surface area contributed by atoms with Gasteiger partial charge in [0.1, 0.15) is 0 Å². The second-order valence-electron chi connectivity index (χ2n) is 4.00. The molecular formula is C12H14ClN3S. The van der Waals surface area contributed by atoms with Crippen molar-refractivity contribution in [2.75, 3.05) is 12.8 Å². The van der Waals surface area contributed by atoms with Crippen LogP contribution in [0.25, 0.3) is 0 Å². The maximum absolute atomic E-state index is 5.92. The van der Waals surface area contributed by atoms with Crippen LogP contribution in [0.2, 0.25) is 5.02 Å². The maximum Gasteiger partial charge on any atom is 0.0795 e. The highest BCUT2D eigenvalue weighted by atomic mass is 35.5. The summed E-state index contributed by atoms with van der Waals surface area (Å²) < 4.78 is 0. The van der Waals surface area contributed by atoms with E-state index in [0.717, 1.165) is 30.0 Å². The lowest BCUT2D eigenvalue weighted by atomic mass is 10.1. The van der Waals surface area contributed by atoms with E-state index < -0.39 is 0 Å². The molecular weight excluding hydrogens is 254 g/mol. The number of nitrogens with zero attached hydrogens (tertiary/aromatic N) is 2. The Kier molecular flexibility index (Phi) is 3.99. The van der Waals surface area contributed by atoms with Crippen molar-refractivity contribution in [2.45, 2.75) is 13.1 Å². The summed E-state index contributed by atoms with van der Waals surface area (Å²) in [6.07, 6.45) is 0. The molecule has 2 aromatic rings. The van der Waals surface area contributed by atoms with E-state index in [-0.39, 0.29) is 0 Å². The van der Waals surface area contributed by atoms with Gasteiger partial charge in [0.05, 0.1) is 11.2 Å². The summed E-state index contributed by atoms with van der Waals surface area (Å²) in [5, 5.41) is 2.73. The van der Waals surface area contributed by atoms with E-state index in [0.29, 0.717) is 5.02 Å². The van der Waals surface area contributed by atoms with Crippen molar-refractivity contribution in [3.8, 4) is 0 Å². The molecule has 0 spiro atoms. The molecule has 0 aliphatic carbocycles. The molecule has 0 aliphatic heterocycles. The molecule has 0 saturated carbocycles. The summed E-state index contributed by atoms with van der Waals surface area (Å²) >= 11 is 7.48. The molecule has 90 valence electrons. The van der Waals surface area contributed by atoms with Gasteiger partial charge in [-0.15, -0.1) is 11.3 Å². The van der Waals surface area contributed by atoms with Crippen molar-refractivity contribution in [3.63, 3.8) is 0 Å². The van der Waals surface area contributed by atoms with Gasteiger partial charge in [0.25, 0.3) is 0 Å². The first-order valence-electron chi connectivity index (χ1n) is 5.24. The molecule has 3 nitrogen and oxygen atoms in total. The van der Waals surface area contributed by atoms with Crippen LogP contribution in [-0.4, -0.2) is 16.9 Å². The maximum atomic E-state index is 5.92. The summed E-state index contributed by atoms with van der Waals surface area (Å²) in [4.78, 5) is 6.43. The van der Waals surface area contributed by atoms with Crippen LogP contribution in [0.4, 0.5) is 5.69 Å². The normalized spacial score (nSPS) is 11.0. The number of thiazole rings is 1. The van der Waals surface area contributed by atoms with Crippen molar-refractivity contribution in [1.82, 2.24) is 9.88 Å². The van der Waals surface area contributed by atoms with E-state index >= 15 is 0 Å². The van der Waals surface area contributed by atoms with Crippen LogP contribution in [0.15, 0.2) is 29.1 Å². The van der Waals surface area contributed by atoms with Gasteiger partial charge in [0, 0.05) is 29.2 Å². The van der Waals surface area contributed by atoms with E-state index in [9.17, 15) is 0 Å². The number of anilines is 1. The minimum Gasteiger partial charge on any atom is -0.398 e. The highest BCUT2D eigenvalue weighted by Gasteiger charge is 2.06. The molecule has 1 aromatic carbocycles.